The van der Waals surface area contributed by atoms with Crippen molar-refractivity contribution in [1.29, 1.82) is 0 Å². The minimum Gasteiger partial charge on any atom is -0.307 e. The molecule has 1 fully saturated rings. The second-order valence-corrected chi connectivity index (χ2v) is 6.36. The lowest BCUT2D eigenvalue weighted by molar-refractivity contribution is 0.165. The monoisotopic (exact) mass is 274 g/mol. The van der Waals surface area contributed by atoms with E-state index in [1.807, 2.05) is 0 Å². The molecule has 1 unspecified atom stereocenters. The van der Waals surface area contributed by atoms with Crippen molar-refractivity contribution in [3.05, 3.63) is 35.4 Å². The lowest BCUT2D eigenvalue weighted by atomic mass is 9.89. The third-order valence-electron chi connectivity index (χ3n) is 4.88. The summed E-state index contributed by atoms with van der Waals surface area (Å²) in [6, 6.07) is 9.95. The zero-order chi connectivity index (χ0) is 14.5. The van der Waals surface area contributed by atoms with Crippen LogP contribution >= 0.6 is 0 Å². The first-order valence-corrected chi connectivity index (χ1v) is 8.15. The number of piperidine rings is 1. The zero-order valence-electron chi connectivity index (χ0n) is 13.5. The Morgan fingerprint density at radius 1 is 1.15 bits per heavy atom. The molecule has 1 aromatic carbocycles. The van der Waals surface area contributed by atoms with Crippen molar-refractivity contribution in [3.63, 3.8) is 0 Å². The van der Waals surface area contributed by atoms with E-state index in [9.17, 15) is 0 Å². The quantitative estimate of drug-likeness (QED) is 0.879. The van der Waals surface area contributed by atoms with Crippen LogP contribution in [0.2, 0.25) is 0 Å². The van der Waals surface area contributed by atoms with Crippen LogP contribution in [-0.4, -0.2) is 30.6 Å². The minimum absolute atomic E-state index is 0.440. The lowest BCUT2D eigenvalue weighted by Gasteiger charge is -2.35. The highest BCUT2D eigenvalue weighted by atomic mass is 15.1. The number of nitrogens with one attached hydrogen (secondary N) is 1. The maximum atomic E-state index is 3.80. The highest BCUT2D eigenvalue weighted by Crippen LogP contribution is 2.23. The maximum Gasteiger partial charge on any atom is 0.0294 e. The number of likely N-dealkylation sites (tertiary alicyclic amines) is 1. The molecule has 0 aromatic heterocycles. The molecule has 20 heavy (non-hydrogen) atoms. The van der Waals surface area contributed by atoms with Crippen molar-refractivity contribution >= 4 is 0 Å². The molecule has 112 valence electrons. The Kier molecular flexibility index (Phi) is 5.62. The standard InChI is InChI=1S/C18H30N2/c1-5-20-12-10-18(11-13-20)16(4)19-15(3)17-8-6-14(2)7-9-17/h6-9,15-16,18-19H,5,10-13H2,1-4H3/t15-,16?/m1/s1. The van der Waals surface area contributed by atoms with Crippen LogP contribution in [0.4, 0.5) is 0 Å². The summed E-state index contributed by atoms with van der Waals surface area (Å²) in [6.07, 6.45) is 2.67. The van der Waals surface area contributed by atoms with Crippen LogP contribution in [0.3, 0.4) is 0 Å². The summed E-state index contributed by atoms with van der Waals surface area (Å²) in [7, 11) is 0. The van der Waals surface area contributed by atoms with Gasteiger partial charge in [0.1, 0.15) is 0 Å². The fourth-order valence-corrected chi connectivity index (χ4v) is 3.25. The lowest BCUT2D eigenvalue weighted by Crippen LogP contribution is -2.42. The van der Waals surface area contributed by atoms with Crippen molar-refractivity contribution in [2.75, 3.05) is 19.6 Å². The first kappa shape index (κ1) is 15.5. The molecule has 2 heteroatoms. The van der Waals surface area contributed by atoms with Crippen molar-refractivity contribution in [1.82, 2.24) is 10.2 Å². The van der Waals surface area contributed by atoms with Gasteiger partial charge in [0.2, 0.25) is 0 Å². The summed E-state index contributed by atoms with van der Waals surface area (Å²) in [6.45, 7) is 12.8. The van der Waals surface area contributed by atoms with E-state index in [4.69, 9.17) is 0 Å². The Morgan fingerprint density at radius 3 is 2.30 bits per heavy atom. The highest BCUT2D eigenvalue weighted by Gasteiger charge is 2.24. The van der Waals surface area contributed by atoms with E-state index in [-0.39, 0.29) is 0 Å². The molecule has 1 heterocycles. The van der Waals surface area contributed by atoms with Crippen LogP contribution in [0, 0.1) is 12.8 Å². The van der Waals surface area contributed by atoms with Crippen molar-refractivity contribution in [2.45, 2.75) is 52.6 Å². The molecule has 2 rings (SSSR count). The smallest absolute Gasteiger partial charge is 0.0294 e. The summed E-state index contributed by atoms with van der Waals surface area (Å²) in [5.41, 5.74) is 2.73. The van der Waals surface area contributed by atoms with Gasteiger partial charge in [0.15, 0.2) is 0 Å². The number of aryl methyl sites for hydroxylation is 1. The van der Waals surface area contributed by atoms with Gasteiger partial charge in [-0.3, -0.25) is 0 Å². The molecule has 0 saturated carbocycles. The van der Waals surface area contributed by atoms with Gasteiger partial charge in [0.25, 0.3) is 0 Å². The van der Waals surface area contributed by atoms with Gasteiger partial charge < -0.3 is 10.2 Å². The van der Waals surface area contributed by atoms with E-state index in [0.717, 1.165) is 5.92 Å². The molecule has 1 aliphatic heterocycles. The highest BCUT2D eigenvalue weighted by molar-refractivity contribution is 5.23. The topological polar surface area (TPSA) is 15.3 Å². The Balaban J connectivity index is 1.84. The molecule has 1 N–H and O–H groups in total. The molecule has 2 nitrogen and oxygen atoms in total. The summed E-state index contributed by atoms with van der Waals surface area (Å²) in [5.74, 6) is 0.825. The first-order valence-electron chi connectivity index (χ1n) is 8.15. The van der Waals surface area contributed by atoms with Gasteiger partial charge in [-0.1, -0.05) is 36.8 Å². The molecule has 0 amide bonds. The second-order valence-electron chi connectivity index (χ2n) is 6.36. The molecule has 1 saturated heterocycles. The van der Waals surface area contributed by atoms with E-state index in [2.05, 4.69) is 62.2 Å². The Hall–Kier alpha value is -0.860. The summed E-state index contributed by atoms with van der Waals surface area (Å²) in [5, 5.41) is 3.80. The fourth-order valence-electron chi connectivity index (χ4n) is 3.25. The molecule has 0 radical (unpaired) electrons. The predicted molar refractivity (Wildman–Crippen MR) is 87.0 cm³/mol. The minimum atomic E-state index is 0.440. The van der Waals surface area contributed by atoms with Crippen LogP contribution in [0.5, 0.6) is 0 Å². The van der Waals surface area contributed by atoms with Gasteiger partial charge in [-0.15, -0.1) is 0 Å². The largest absolute Gasteiger partial charge is 0.307 e. The van der Waals surface area contributed by atoms with Crippen LogP contribution in [0.15, 0.2) is 24.3 Å². The summed E-state index contributed by atoms with van der Waals surface area (Å²) < 4.78 is 0. The molecule has 2 atom stereocenters. The average molecular weight is 274 g/mol. The number of benzene rings is 1. The summed E-state index contributed by atoms with van der Waals surface area (Å²) in [4.78, 5) is 2.56. The second kappa shape index (κ2) is 7.24. The average Bonchev–Trinajstić information content (AvgIpc) is 2.48. The van der Waals surface area contributed by atoms with Crippen molar-refractivity contribution in [2.24, 2.45) is 5.92 Å². The summed E-state index contributed by atoms with van der Waals surface area (Å²) >= 11 is 0. The van der Waals surface area contributed by atoms with Crippen LogP contribution in [0.1, 0.15) is 50.8 Å². The van der Waals surface area contributed by atoms with Gasteiger partial charge in [-0.25, -0.2) is 0 Å². The SMILES string of the molecule is CCN1CCC(C(C)N[C@H](C)c2ccc(C)cc2)CC1. The van der Waals surface area contributed by atoms with Gasteiger partial charge in [-0.05, 0) is 64.7 Å². The van der Waals surface area contributed by atoms with E-state index in [1.54, 1.807) is 0 Å². The van der Waals surface area contributed by atoms with E-state index >= 15 is 0 Å². The zero-order valence-corrected chi connectivity index (χ0v) is 13.5. The van der Waals surface area contributed by atoms with E-state index < -0.39 is 0 Å². The molecule has 0 aliphatic carbocycles. The fraction of sp³-hybridized carbons (Fsp3) is 0.667. The predicted octanol–water partition coefficient (Wildman–Crippen LogP) is 3.77. The van der Waals surface area contributed by atoms with E-state index in [1.165, 1.54) is 43.6 Å². The van der Waals surface area contributed by atoms with Crippen LogP contribution in [0.25, 0.3) is 0 Å². The van der Waals surface area contributed by atoms with Crippen LogP contribution in [-0.2, 0) is 0 Å². The molecular formula is C18H30N2. The molecular weight excluding hydrogens is 244 g/mol. The van der Waals surface area contributed by atoms with Gasteiger partial charge in [0.05, 0.1) is 0 Å². The Morgan fingerprint density at radius 2 is 1.75 bits per heavy atom. The molecule has 0 bridgehead atoms. The van der Waals surface area contributed by atoms with Crippen molar-refractivity contribution < 1.29 is 0 Å². The third-order valence-corrected chi connectivity index (χ3v) is 4.88. The number of nitrogens with zero attached hydrogens (tertiary/aromatic N) is 1. The first-order chi connectivity index (χ1) is 9.60. The van der Waals surface area contributed by atoms with Crippen LogP contribution < -0.4 is 5.32 Å². The van der Waals surface area contributed by atoms with E-state index in [0.29, 0.717) is 12.1 Å². The van der Waals surface area contributed by atoms with Gasteiger partial charge in [0, 0.05) is 12.1 Å². The number of rotatable bonds is 5. The van der Waals surface area contributed by atoms with Gasteiger partial charge in [-0.2, -0.15) is 0 Å². The number of hydrogen-bond donors (Lipinski definition) is 1. The third kappa shape index (κ3) is 4.07. The number of hydrogen-bond acceptors (Lipinski definition) is 2. The van der Waals surface area contributed by atoms with Crippen molar-refractivity contribution in [3.8, 4) is 0 Å². The Bertz CT molecular complexity index is 390. The molecule has 1 aromatic rings. The molecule has 0 spiro atoms. The normalized spacial score (nSPS) is 20.8. The van der Waals surface area contributed by atoms with Gasteiger partial charge >= 0.3 is 0 Å². The Labute approximate surface area is 124 Å². The maximum absolute atomic E-state index is 3.80. The molecule has 1 aliphatic rings.